The molecule has 0 aliphatic heterocycles. The quantitative estimate of drug-likeness (QED) is 0.711. The first-order valence-corrected chi connectivity index (χ1v) is 6.27. The molecule has 0 saturated carbocycles. The lowest BCUT2D eigenvalue weighted by molar-refractivity contribution is 0.474. The molecule has 0 heterocycles. The van der Waals surface area contributed by atoms with Crippen LogP contribution in [-0.2, 0) is 0 Å². The van der Waals surface area contributed by atoms with Crippen LogP contribution in [0.5, 0.6) is 11.5 Å². The third-order valence-corrected chi connectivity index (χ3v) is 3.35. The summed E-state index contributed by atoms with van der Waals surface area (Å²) >= 11 is 2.23. The summed E-state index contributed by atoms with van der Waals surface area (Å²) in [6.45, 7) is 3.92. The van der Waals surface area contributed by atoms with Crippen LogP contribution >= 0.6 is 22.6 Å². The van der Waals surface area contributed by atoms with E-state index >= 15 is 0 Å². The number of halogens is 1. The molecule has 2 rings (SSSR count). The topological polar surface area (TPSA) is 40.5 Å². The van der Waals surface area contributed by atoms with E-state index in [0.29, 0.717) is 11.5 Å². The Kier molecular flexibility index (Phi) is 5.28. The Morgan fingerprint density at radius 3 is 1.94 bits per heavy atom. The number of hydrogen-bond donors (Lipinski definition) is 2. The molecule has 2 aromatic rings. The number of hydrogen-bond acceptors (Lipinski definition) is 2. The first-order chi connectivity index (χ1) is 7.99. The fourth-order valence-corrected chi connectivity index (χ4v) is 1.59. The minimum atomic E-state index is 0.338. The zero-order valence-electron chi connectivity index (χ0n) is 9.81. The monoisotopic (exact) mass is 342 g/mol. The van der Waals surface area contributed by atoms with Gasteiger partial charge in [-0.25, -0.2) is 0 Å². The van der Waals surface area contributed by atoms with Crippen LogP contribution in [0, 0.1) is 17.4 Å². The zero-order chi connectivity index (χ0) is 12.8. The van der Waals surface area contributed by atoms with Crippen LogP contribution in [0.25, 0.3) is 0 Å². The summed E-state index contributed by atoms with van der Waals surface area (Å²) in [4.78, 5) is 0. The molecule has 2 aromatic carbocycles. The highest BCUT2D eigenvalue weighted by Gasteiger charge is 1.92. The highest BCUT2D eigenvalue weighted by Crippen LogP contribution is 2.16. The van der Waals surface area contributed by atoms with Gasteiger partial charge in [0.2, 0.25) is 0 Å². The summed E-state index contributed by atoms with van der Waals surface area (Å²) in [7, 11) is 0. The third-order valence-electron chi connectivity index (χ3n) is 2.14. The maximum atomic E-state index is 8.93. The zero-order valence-corrected chi connectivity index (χ0v) is 12.0. The van der Waals surface area contributed by atoms with Crippen molar-refractivity contribution in [3.05, 3.63) is 57.2 Å². The second-order valence-electron chi connectivity index (χ2n) is 3.77. The molecule has 0 aromatic heterocycles. The van der Waals surface area contributed by atoms with Gasteiger partial charge in [-0.05, 0) is 77.9 Å². The fourth-order valence-electron chi connectivity index (χ4n) is 1.26. The molecule has 0 saturated heterocycles. The Labute approximate surface area is 115 Å². The number of phenols is 2. The van der Waals surface area contributed by atoms with E-state index in [-0.39, 0.29) is 0 Å². The molecule has 3 heteroatoms. The van der Waals surface area contributed by atoms with E-state index in [1.54, 1.807) is 24.3 Å². The summed E-state index contributed by atoms with van der Waals surface area (Å²) in [5, 5.41) is 17.7. The molecular formula is C14H15IO2. The van der Waals surface area contributed by atoms with Gasteiger partial charge in [-0.15, -0.1) is 0 Å². The van der Waals surface area contributed by atoms with Gasteiger partial charge >= 0.3 is 0 Å². The van der Waals surface area contributed by atoms with Crippen molar-refractivity contribution in [2.75, 3.05) is 0 Å². The molecule has 2 N–H and O–H groups in total. The molecule has 0 spiro atoms. The van der Waals surface area contributed by atoms with Gasteiger partial charge in [0.05, 0.1) is 0 Å². The molecule has 0 fully saturated rings. The highest BCUT2D eigenvalue weighted by molar-refractivity contribution is 14.1. The summed E-state index contributed by atoms with van der Waals surface area (Å²) in [6.07, 6.45) is 0. The molecule has 0 radical (unpaired) electrons. The third kappa shape index (κ3) is 5.08. The van der Waals surface area contributed by atoms with Crippen molar-refractivity contribution >= 4 is 22.6 Å². The van der Waals surface area contributed by atoms with Crippen molar-refractivity contribution in [3.8, 4) is 11.5 Å². The van der Waals surface area contributed by atoms with Crippen LogP contribution < -0.4 is 0 Å². The summed E-state index contributed by atoms with van der Waals surface area (Å²) in [5.41, 5.74) is 2.21. The average Bonchev–Trinajstić information content (AvgIpc) is 2.24. The Morgan fingerprint density at radius 2 is 1.53 bits per heavy atom. The fraction of sp³-hybridized carbons (Fsp3) is 0.143. The van der Waals surface area contributed by atoms with E-state index in [2.05, 4.69) is 22.6 Å². The Bertz CT molecular complexity index is 478. The van der Waals surface area contributed by atoms with Crippen molar-refractivity contribution in [1.82, 2.24) is 0 Å². The van der Waals surface area contributed by atoms with Gasteiger partial charge in [-0.1, -0.05) is 12.1 Å². The normalized spacial score (nSPS) is 9.35. The van der Waals surface area contributed by atoms with Crippen LogP contribution in [-0.4, -0.2) is 10.2 Å². The summed E-state index contributed by atoms with van der Waals surface area (Å²) in [5.74, 6) is 0.679. The number of aromatic hydroxyl groups is 2. The van der Waals surface area contributed by atoms with Crippen LogP contribution in [0.4, 0.5) is 0 Å². The standard InChI is InChI=1S/C7H7IO.C7H8O/c1-5-4-6(9)2-3-7(5)8;1-6-3-2-4-7(8)5-6/h2-4,9H,1H3;2-5,8H,1H3. The maximum absolute atomic E-state index is 8.93. The molecule has 90 valence electrons. The van der Waals surface area contributed by atoms with Crippen molar-refractivity contribution in [3.63, 3.8) is 0 Å². The van der Waals surface area contributed by atoms with Gasteiger partial charge in [0.15, 0.2) is 0 Å². The second-order valence-corrected chi connectivity index (χ2v) is 4.93. The Balaban J connectivity index is 0.000000171. The average molecular weight is 342 g/mol. The lowest BCUT2D eigenvalue weighted by atomic mass is 10.2. The smallest absolute Gasteiger partial charge is 0.115 e. The lowest BCUT2D eigenvalue weighted by Crippen LogP contribution is -1.76. The second kappa shape index (κ2) is 6.49. The van der Waals surface area contributed by atoms with E-state index < -0.39 is 0 Å². The summed E-state index contributed by atoms with van der Waals surface area (Å²) in [6, 6.07) is 12.5. The molecular weight excluding hydrogens is 327 g/mol. The highest BCUT2D eigenvalue weighted by atomic mass is 127. The van der Waals surface area contributed by atoms with Crippen molar-refractivity contribution in [2.24, 2.45) is 0 Å². The number of rotatable bonds is 0. The molecule has 0 amide bonds. The van der Waals surface area contributed by atoms with E-state index in [1.807, 2.05) is 32.0 Å². The van der Waals surface area contributed by atoms with Gasteiger partial charge in [0.25, 0.3) is 0 Å². The predicted molar refractivity (Wildman–Crippen MR) is 78.4 cm³/mol. The van der Waals surface area contributed by atoms with Crippen LogP contribution in [0.15, 0.2) is 42.5 Å². The predicted octanol–water partition coefficient (Wildman–Crippen LogP) is 4.01. The Morgan fingerprint density at radius 1 is 0.882 bits per heavy atom. The molecule has 0 unspecified atom stereocenters. The van der Waals surface area contributed by atoms with E-state index in [9.17, 15) is 0 Å². The van der Waals surface area contributed by atoms with Gasteiger partial charge in [0, 0.05) is 3.57 Å². The molecule has 17 heavy (non-hydrogen) atoms. The van der Waals surface area contributed by atoms with Crippen molar-refractivity contribution < 1.29 is 10.2 Å². The first kappa shape index (κ1) is 13.8. The number of benzene rings is 2. The van der Waals surface area contributed by atoms with Crippen LogP contribution in [0.1, 0.15) is 11.1 Å². The molecule has 0 atom stereocenters. The summed E-state index contributed by atoms with van der Waals surface area (Å²) < 4.78 is 1.19. The molecule has 0 aliphatic rings. The number of phenolic OH excluding ortho intramolecular Hbond substituents is 2. The maximum Gasteiger partial charge on any atom is 0.115 e. The Hall–Kier alpha value is -1.23. The van der Waals surface area contributed by atoms with E-state index in [4.69, 9.17) is 10.2 Å². The van der Waals surface area contributed by atoms with Gasteiger partial charge in [-0.3, -0.25) is 0 Å². The largest absolute Gasteiger partial charge is 0.508 e. The SMILES string of the molecule is Cc1cc(O)ccc1I.Cc1cccc(O)c1. The first-order valence-electron chi connectivity index (χ1n) is 5.20. The molecule has 0 aliphatic carbocycles. The minimum absolute atomic E-state index is 0.338. The number of aryl methyl sites for hydroxylation is 2. The molecule has 0 bridgehead atoms. The lowest BCUT2D eigenvalue weighted by Gasteiger charge is -1.95. The van der Waals surface area contributed by atoms with E-state index in [1.165, 1.54) is 3.57 Å². The van der Waals surface area contributed by atoms with Crippen molar-refractivity contribution in [2.45, 2.75) is 13.8 Å². The van der Waals surface area contributed by atoms with Crippen molar-refractivity contribution in [1.29, 1.82) is 0 Å². The van der Waals surface area contributed by atoms with Gasteiger partial charge in [-0.2, -0.15) is 0 Å². The van der Waals surface area contributed by atoms with E-state index in [0.717, 1.165) is 11.1 Å². The van der Waals surface area contributed by atoms with Crippen LogP contribution in [0.3, 0.4) is 0 Å². The minimum Gasteiger partial charge on any atom is -0.508 e. The van der Waals surface area contributed by atoms with Gasteiger partial charge < -0.3 is 10.2 Å². The van der Waals surface area contributed by atoms with Crippen LogP contribution in [0.2, 0.25) is 0 Å². The van der Waals surface area contributed by atoms with Gasteiger partial charge in [0.1, 0.15) is 11.5 Å². The molecule has 2 nitrogen and oxygen atoms in total.